The molecule has 0 aliphatic heterocycles. The van der Waals surface area contributed by atoms with Crippen LogP contribution in [-0.2, 0) is 4.79 Å². The molecule has 0 aromatic heterocycles. The molecule has 0 atom stereocenters. The van der Waals surface area contributed by atoms with Gasteiger partial charge in [-0.25, -0.2) is 4.79 Å². The van der Waals surface area contributed by atoms with E-state index in [4.69, 9.17) is 21.1 Å². The maximum Gasteiger partial charge on any atom is 0.349 e. The highest BCUT2D eigenvalue weighted by Crippen LogP contribution is 2.24. The number of hydrogen-bond donors (Lipinski definition) is 0. The summed E-state index contributed by atoms with van der Waals surface area (Å²) in [4.78, 5) is 11.7. The van der Waals surface area contributed by atoms with Crippen molar-refractivity contribution in [1.82, 2.24) is 0 Å². The van der Waals surface area contributed by atoms with Gasteiger partial charge in [0.2, 0.25) is 0 Å². The highest BCUT2D eigenvalue weighted by molar-refractivity contribution is 9.10. The second-order valence-electron chi connectivity index (χ2n) is 4.10. The zero-order chi connectivity index (χ0) is 14.5. The van der Waals surface area contributed by atoms with E-state index in [0.29, 0.717) is 16.5 Å². The van der Waals surface area contributed by atoms with Gasteiger partial charge >= 0.3 is 5.97 Å². The van der Waals surface area contributed by atoms with Crippen LogP contribution in [0.15, 0.2) is 46.9 Å². The van der Waals surface area contributed by atoms with Crippen LogP contribution in [0.3, 0.4) is 0 Å². The molecule has 2 rings (SSSR count). The van der Waals surface area contributed by atoms with Gasteiger partial charge in [0.25, 0.3) is 0 Å². The third-order valence-electron chi connectivity index (χ3n) is 2.54. The van der Waals surface area contributed by atoms with Crippen LogP contribution >= 0.6 is 27.5 Å². The van der Waals surface area contributed by atoms with Gasteiger partial charge in [-0.15, -0.1) is 0 Å². The molecule has 2 aromatic rings. The third-order valence-corrected chi connectivity index (χ3v) is 3.75. The highest BCUT2D eigenvalue weighted by Gasteiger charge is 2.08. The first-order valence-electron chi connectivity index (χ1n) is 5.90. The molecule has 0 saturated carbocycles. The van der Waals surface area contributed by atoms with Crippen molar-refractivity contribution in [2.24, 2.45) is 0 Å². The van der Waals surface area contributed by atoms with E-state index in [1.807, 2.05) is 13.0 Å². The Labute approximate surface area is 130 Å². The van der Waals surface area contributed by atoms with Gasteiger partial charge in [0.1, 0.15) is 11.5 Å². The van der Waals surface area contributed by atoms with Crippen LogP contribution in [0, 0.1) is 6.92 Å². The molecule has 104 valence electrons. The Balaban J connectivity index is 1.93. The number of rotatable bonds is 4. The van der Waals surface area contributed by atoms with Crippen molar-refractivity contribution in [1.29, 1.82) is 0 Å². The average molecular weight is 356 g/mol. The Morgan fingerprint density at radius 1 is 1.25 bits per heavy atom. The third kappa shape index (κ3) is 3.99. The SMILES string of the molecule is Cc1cc(OC(=O)COc2ccccc2Cl)ccc1Br. The molecule has 0 amide bonds. The highest BCUT2D eigenvalue weighted by atomic mass is 79.9. The van der Waals surface area contributed by atoms with Gasteiger partial charge in [-0.2, -0.15) is 0 Å². The fourth-order valence-corrected chi connectivity index (χ4v) is 1.98. The number of hydrogen-bond acceptors (Lipinski definition) is 3. The van der Waals surface area contributed by atoms with Crippen LogP contribution in [0.5, 0.6) is 11.5 Å². The van der Waals surface area contributed by atoms with E-state index >= 15 is 0 Å². The maximum atomic E-state index is 11.7. The Kier molecular flexibility index (Phi) is 5.04. The van der Waals surface area contributed by atoms with Crippen molar-refractivity contribution in [3.05, 3.63) is 57.5 Å². The molecule has 0 aliphatic carbocycles. The lowest BCUT2D eigenvalue weighted by atomic mass is 10.2. The van der Waals surface area contributed by atoms with Crippen molar-refractivity contribution in [3.63, 3.8) is 0 Å². The summed E-state index contributed by atoms with van der Waals surface area (Å²) < 4.78 is 11.5. The fraction of sp³-hybridized carbons (Fsp3) is 0.133. The summed E-state index contributed by atoms with van der Waals surface area (Å²) in [5, 5.41) is 0.458. The number of benzene rings is 2. The molecule has 0 saturated heterocycles. The van der Waals surface area contributed by atoms with E-state index in [1.165, 1.54) is 0 Å². The number of aryl methyl sites for hydroxylation is 1. The fourth-order valence-electron chi connectivity index (χ4n) is 1.54. The Hall–Kier alpha value is -1.52. The molecule has 0 aliphatic rings. The number of halogens is 2. The van der Waals surface area contributed by atoms with E-state index in [-0.39, 0.29) is 6.61 Å². The molecular weight excluding hydrogens is 344 g/mol. The molecule has 0 bridgehead atoms. The molecule has 5 heteroatoms. The van der Waals surface area contributed by atoms with Gasteiger partial charge in [0.05, 0.1) is 5.02 Å². The van der Waals surface area contributed by atoms with Gasteiger partial charge in [-0.1, -0.05) is 39.7 Å². The summed E-state index contributed by atoms with van der Waals surface area (Å²) in [7, 11) is 0. The first kappa shape index (κ1) is 14.9. The summed E-state index contributed by atoms with van der Waals surface area (Å²) in [6, 6.07) is 12.3. The van der Waals surface area contributed by atoms with Crippen molar-refractivity contribution in [3.8, 4) is 11.5 Å². The molecule has 0 heterocycles. The minimum atomic E-state index is -0.480. The lowest BCUT2D eigenvalue weighted by Crippen LogP contribution is -2.17. The summed E-state index contributed by atoms with van der Waals surface area (Å²) >= 11 is 9.31. The number of para-hydroxylation sites is 1. The number of carbonyl (C=O) groups excluding carboxylic acids is 1. The average Bonchev–Trinajstić information content (AvgIpc) is 2.42. The van der Waals surface area contributed by atoms with Crippen LogP contribution < -0.4 is 9.47 Å². The van der Waals surface area contributed by atoms with Gasteiger partial charge in [0, 0.05) is 4.47 Å². The van der Waals surface area contributed by atoms with Crippen molar-refractivity contribution in [2.75, 3.05) is 6.61 Å². The maximum absolute atomic E-state index is 11.7. The van der Waals surface area contributed by atoms with Crippen LogP contribution in [0.4, 0.5) is 0 Å². The Morgan fingerprint density at radius 2 is 2.00 bits per heavy atom. The molecule has 0 N–H and O–H groups in total. The minimum absolute atomic E-state index is 0.196. The van der Waals surface area contributed by atoms with Gasteiger partial charge in [-0.05, 0) is 42.8 Å². The van der Waals surface area contributed by atoms with E-state index in [1.54, 1.807) is 36.4 Å². The number of ether oxygens (including phenoxy) is 2. The van der Waals surface area contributed by atoms with E-state index in [0.717, 1.165) is 10.0 Å². The number of carbonyl (C=O) groups is 1. The molecule has 2 aromatic carbocycles. The zero-order valence-electron chi connectivity index (χ0n) is 10.7. The van der Waals surface area contributed by atoms with Crippen molar-refractivity contribution < 1.29 is 14.3 Å². The standard InChI is InChI=1S/C15H12BrClO3/c1-10-8-11(6-7-12(10)16)20-15(18)9-19-14-5-3-2-4-13(14)17/h2-8H,9H2,1H3. The van der Waals surface area contributed by atoms with Gasteiger partial charge in [0.15, 0.2) is 6.61 Å². The summed E-state index contributed by atoms with van der Waals surface area (Å²) in [5.74, 6) is 0.461. The van der Waals surface area contributed by atoms with Crippen LogP contribution in [0.2, 0.25) is 5.02 Å². The molecule has 3 nitrogen and oxygen atoms in total. The van der Waals surface area contributed by atoms with Gasteiger partial charge < -0.3 is 9.47 Å². The normalized spacial score (nSPS) is 10.2. The monoisotopic (exact) mass is 354 g/mol. The van der Waals surface area contributed by atoms with Crippen molar-refractivity contribution in [2.45, 2.75) is 6.92 Å². The molecule has 0 unspecified atom stereocenters. The second-order valence-corrected chi connectivity index (χ2v) is 5.37. The quantitative estimate of drug-likeness (QED) is 0.602. The minimum Gasteiger partial charge on any atom is -0.480 e. The topological polar surface area (TPSA) is 35.5 Å². The first-order chi connectivity index (χ1) is 9.56. The van der Waals surface area contributed by atoms with E-state index in [2.05, 4.69) is 15.9 Å². The largest absolute Gasteiger partial charge is 0.480 e. The Bertz CT molecular complexity index is 628. The lowest BCUT2D eigenvalue weighted by molar-refractivity contribution is -0.136. The number of esters is 1. The van der Waals surface area contributed by atoms with Crippen LogP contribution in [0.1, 0.15) is 5.56 Å². The summed E-state index contributed by atoms with van der Waals surface area (Å²) in [6.45, 7) is 1.72. The van der Waals surface area contributed by atoms with E-state index in [9.17, 15) is 4.79 Å². The molecule has 0 radical (unpaired) electrons. The predicted octanol–water partition coefficient (Wildman–Crippen LogP) is 4.40. The Morgan fingerprint density at radius 3 is 2.70 bits per heavy atom. The molecule has 0 spiro atoms. The van der Waals surface area contributed by atoms with E-state index < -0.39 is 5.97 Å². The van der Waals surface area contributed by atoms with Gasteiger partial charge in [-0.3, -0.25) is 0 Å². The van der Waals surface area contributed by atoms with Crippen LogP contribution in [-0.4, -0.2) is 12.6 Å². The van der Waals surface area contributed by atoms with Crippen LogP contribution in [0.25, 0.3) is 0 Å². The molecule has 0 fully saturated rings. The molecular formula is C15H12BrClO3. The molecule has 20 heavy (non-hydrogen) atoms. The lowest BCUT2D eigenvalue weighted by Gasteiger charge is -2.08. The predicted molar refractivity (Wildman–Crippen MR) is 81.5 cm³/mol. The smallest absolute Gasteiger partial charge is 0.349 e. The zero-order valence-corrected chi connectivity index (χ0v) is 13.1. The van der Waals surface area contributed by atoms with Crippen molar-refractivity contribution >= 4 is 33.5 Å². The summed E-state index contributed by atoms with van der Waals surface area (Å²) in [6.07, 6.45) is 0. The summed E-state index contributed by atoms with van der Waals surface area (Å²) in [5.41, 5.74) is 0.988. The first-order valence-corrected chi connectivity index (χ1v) is 7.07. The second kappa shape index (κ2) is 6.77.